The Balaban J connectivity index is 4.16. The van der Waals surface area contributed by atoms with Crippen molar-refractivity contribution in [3.05, 3.63) is 11.6 Å². The predicted octanol–water partition coefficient (Wildman–Crippen LogP) is 1.66. The van der Waals surface area contributed by atoms with Crippen molar-refractivity contribution in [1.82, 2.24) is 0 Å². The Hall–Kier alpha value is -0.830. The first-order valence-electron chi connectivity index (χ1n) is 4.58. The number of esters is 1. The minimum atomic E-state index is -1.08. The van der Waals surface area contributed by atoms with Crippen LogP contribution in [0.4, 0.5) is 0 Å². The highest BCUT2D eigenvalue weighted by Crippen LogP contribution is 2.12. The molecule has 1 N–H and O–H groups in total. The van der Waals surface area contributed by atoms with Crippen LogP contribution in [0.15, 0.2) is 11.6 Å². The van der Waals surface area contributed by atoms with E-state index in [-0.39, 0.29) is 0 Å². The van der Waals surface area contributed by atoms with Crippen LogP contribution in [0.2, 0.25) is 0 Å². The molecule has 0 saturated carbocycles. The molecule has 0 rings (SSSR count). The van der Waals surface area contributed by atoms with Gasteiger partial charge in [0, 0.05) is 0 Å². The first-order valence-corrected chi connectivity index (χ1v) is 4.58. The topological polar surface area (TPSA) is 46.5 Å². The molecule has 0 aromatic rings. The average Bonchev–Trinajstić information content (AvgIpc) is 2.17. The molecule has 0 aliphatic heterocycles. The zero-order valence-electron chi connectivity index (χ0n) is 8.54. The summed E-state index contributed by atoms with van der Waals surface area (Å²) in [5.74, 6) is -0.579. The molecule has 0 heterocycles. The van der Waals surface area contributed by atoms with Crippen molar-refractivity contribution in [3.63, 3.8) is 0 Å². The van der Waals surface area contributed by atoms with Crippen LogP contribution in [0.5, 0.6) is 0 Å². The average molecular weight is 186 g/mol. The quantitative estimate of drug-likeness (QED) is 0.524. The van der Waals surface area contributed by atoms with Gasteiger partial charge in [0.15, 0.2) is 6.10 Å². The summed E-state index contributed by atoms with van der Waals surface area (Å²) < 4.78 is 4.44. The molecule has 3 nitrogen and oxygen atoms in total. The summed E-state index contributed by atoms with van der Waals surface area (Å²) in [5.41, 5.74) is 0.744. The van der Waals surface area contributed by atoms with E-state index >= 15 is 0 Å². The Morgan fingerprint density at radius 2 is 2.23 bits per heavy atom. The first-order chi connectivity index (χ1) is 6.17. The second-order valence-electron chi connectivity index (χ2n) is 2.89. The first kappa shape index (κ1) is 12.2. The second kappa shape index (κ2) is 6.66. The van der Waals surface area contributed by atoms with Crippen molar-refractivity contribution in [3.8, 4) is 0 Å². The fraction of sp³-hybridized carbons (Fsp3) is 0.700. The van der Waals surface area contributed by atoms with E-state index in [1.54, 1.807) is 6.08 Å². The third-order valence-electron chi connectivity index (χ3n) is 1.97. The molecule has 1 unspecified atom stereocenters. The number of hydrogen-bond donors (Lipinski definition) is 1. The number of allylic oxidation sites excluding steroid dienone is 1. The van der Waals surface area contributed by atoms with E-state index in [4.69, 9.17) is 0 Å². The molecule has 0 aromatic heterocycles. The molecule has 0 aliphatic rings. The molecule has 0 aliphatic carbocycles. The third kappa shape index (κ3) is 4.08. The van der Waals surface area contributed by atoms with Crippen LogP contribution in [-0.2, 0) is 9.53 Å². The number of ether oxygens (including phenoxy) is 1. The molecule has 0 amide bonds. The number of carbonyl (C=O) groups excluding carboxylic acids is 1. The van der Waals surface area contributed by atoms with Crippen molar-refractivity contribution in [2.24, 2.45) is 0 Å². The SMILES string of the molecule is C/C=C(\CCCC)C(O)C(=O)OC. The highest BCUT2D eigenvalue weighted by atomic mass is 16.5. The zero-order valence-corrected chi connectivity index (χ0v) is 8.54. The van der Waals surface area contributed by atoms with Gasteiger partial charge in [-0.15, -0.1) is 0 Å². The van der Waals surface area contributed by atoms with E-state index in [0.29, 0.717) is 0 Å². The molecule has 0 spiro atoms. The molecule has 1 atom stereocenters. The van der Waals surface area contributed by atoms with Crippen molar-refractivity contribution in [1.29, 1.82) is 0 Å². The Labute approximate surface area is 79.4 Å². The van der Waals surface area contributed by atoms with E-state index in [9.17, 15) is 9.90 Å². The van der Waals surface area contributed by atoms with Gasteiger partial charge in [0.1, 0.15) is 0 Å². The highest BCUT2D eigenvalue weighted by molar-refractivity contribution is 5.77. The Bertz CT molecular complexity index is 185. The lowest BCUT2D eigenvalue weighted by Gasteiger charge is -2.11. The lowest BCUT2D eigenvalue weighted by molar-refractivity contribution is -0.148. The summed E-state index contributed by atoms with van der Waals surface area (Å²) in [4.78, 5) is 11.0. The number of methoxy groups -OCH3 is 1. The van der Waals surface area contributed by atoms with Gasteiger partial charge >= 0.3 is 5.97 Å². The third-order valence-corrected chi connectivity index (χ3v) is 1.97. The van der Waals surface area contributed by atoms with E-state index in [2.05, 4.69) is 11.7 Å². The van der Waals surface area contributed by atoms with Crippen LogP contribution in [0, 0.1) is 0 Å². The summed E-state index contributed by atoms with van der Waals surface area (Å²) >= 11 is 0. The standard InChI is InChI=1S/C10H18O3/c1-4-6-7-8(5-2)9(11)10(12)13-3/h5,9,11H,4,6-7H2,1-3H3/b8-5+. The fourth-order valence-electron chi connectivity index (χ4n) is 1.08. The zero-order chi connectivity index (χ0) is 10.3. The lowest BCUT2D eigenvalue weighted by atomic mass is 10.0. The Morgan fingerprint density at radius 1 is 1.62 bits per heavy atom. The minimum Gasteiger partial charge on any atom is -0.467 e. The molecule has 0 saturated heterocycles. The fourth-order valence-corrected chi connectivity index (χ4v) is 1.08. The number of carbonyl (C=O) groups is 1. The van der Waals surface area contributed by atoms with Gasteiger partial charge in [-0.2, -0.15) is 0 Å². The molecule has 0 fully saturated rings. The highest BCUT2D eigenvalue weighted by Gasteiger charge is 2.18. The van der Waals surface area contributed by atoms with Gasteiger partial charge in [-0.3, -0.25) is 0 Å². The maximum atomic E-state index is 11.0. The number of unbranched alkanes of at least 4 members (excludes halogenated alkanes) is 1. The Kier molecular flexibility index (Phi) is 6.24. The molecule has 0 aromatic carbocycles. The molecule has 3 heteroatoms. The van der Waals surface area contributed by atoms with Crippen molar-refractivity contribution >= 4 is 5.97 Å². The lowest BCUT2D eigenvalue weighted by Crippen LogP contribution is -2.24. The largest absolute Gasteiger partial charge is 0.467 e. The predicted molar refractivity (Wildman–Crippen MR) is 51.3 cm³/mol. The normalized spacial score (nSPS) is 14.0. The maximum Gasteiger partial charge on any atom is 0.339 e. The molecule has 76 valence electrons. The summed E-state index contributed by atoms with van der Waals surface area (Å²) in [7, 11) is 1.28. The molecule has 0 radical (unpaired) electrons. The van der Waals surface area contributed by atoms with Crippen LogP contribution >= 0.6 is 0 Å². The summed E-state index contributed by atoms with van der Waals surface area (Å²) in [6.07, 6.45) is 3.47. The summed E-state index contributed by atoms with van der Waals surface area (Å²) in [6, 6.07) is 0. The molecular weight excluding hydrogens is 168 g/mol. The van der Waals surface area contributed by atoms with Gasteiger partial charge in [0.2, 0.25) is 0 Å². The van der Waals surface area contributed by atoms with Crippen molar-refractivity contribution < 1.29 is 14.6 Å². The van der Waals surface area contributed by atoms with Gasteiger partial charge < -0.3 is 9.84 Å². The molecule has 13 heavy (non-hydrogen) atoms. The van der Waals surface area contributed by atoms with E-state index in [1.165, 1.54) is 7.11 Å². The number of hydrogen-bond acceptors (Lipinski definition) is 3. The van der Waals surface area contributed by atoms with Gasteiger partial charge in [0.05, 0.1) is 7.11 Å². The van der Waals surface area contributed by atoms with Crippen molar-refractivity contribution in [2.45, 2.75) is 39.2 Å². The van der Waals surface area contributed by atoms with E-state index < -0.39 is 12.1 Å². The van der Waals surface area contributed by atoms with E-state index in [1.807, 2.05) is 6.92 Å². The van der Waals surface area contributed by atoms with Crippen LogP contribution in [0.25, 0.3) is 0 Å². The van der Waals surface area contributed by atoms with Gasteiger partial charge in [-0.1, -0.05) is 19.4 Å². The minimum absolute atomic E-state index is 0.579. The molecular formula is C10H18O3. The van der Waals surface area contributed by atoms with Gasteiger partial charge in [0.25, 0.3) is 0 Å². The van der Waals surface area contributed by atoms with Gasteiger partial charge in [-0.05, 0) is 25.3 Å². The van der Waals surface area contributed by atoms with Crippen LogP contribution in [0.3, 0.4) is 0 Å². The smallest absolute Gasteiger partial charge is 0.339 e. The molecule has 0 bridgehead atoms. The summed E-state index contributed by atoms with van der Waals surface area (Å²) in [6.45, 7) is 3.88. The van der Waals surface area contributed by atoms with Crippen molar-refractivity contribution in [2.75, 3.05) is 7.11 Å². The van der Waals surface area contributed by atoms with Crippen LogP contribution in [0.1, 0.15) is 33.1 Å². The number of aliphatic hydroxyl groups excluding tert-OH is 1. The van der Waals surface area contributed by atoms with Crippen LogP contribution < -0.4 is 0 Å². The Morgan fingerprint density at radius 3 is 2.62 bits per heavy atom. The summed E-state index contributed by atoms with van der Waals surface area (Å²) in [5, 5.41) is 9.46. The number of aliphatic hydroxyl groups is 1. The maximum absolute atomic E-state index is 11.0. The second-order valence-corrected chi connectivity index (χ2v) is 2.89. The van der Waals surface area contributed by atoms with E-state index in [0.717, 1.165) is 24.8 Å². The number of rotatable bonds is 5. The monoisotopic (exact) mass is 186 g/mol. The van der Waals surface area contributed by atoms with Crippen LogP contribution in [-0.4, -0.2) is 24.3 Å². The van der Waals surface area contributed by atoms with Gasteiger partial charge in [-0.25, -0.2) is 4.79 Å².